The summed E-state index contributed by atoms with van der Waals surface area (Å²) in [5.41, 5.74) is 7.76. The molecule has 3 aromatic rings. The van der Waals surface area contributed by atoms with E-state index in [1.54, 1.807) is 0 Å². The third-order valence-electron chi connectivity index (χ3n) is 3.98. The van der Waals surface area contributed by atoms with Crippen molar-refractivity contribution in [2.24, 2.45) is 0 Å². The molecule has 0 bridgehead atoms. The average molecular weight is 336 g/mol. The van der Waals surface area contributed by atoms with Crippen molar-refractivity contribution in [1.82, 2.24) is 0 Å². The molecule has 1 aliphatic rings. The standard InChI is InChI=1S/C19H14BrN/c20-18-11-10-16-15-9-5-4-6-13(15)12-17(16)19(18)21-14-7-2-1-3-8-14/h1-11,21H,12H2. The van der Waals surface area contributed by atoms with Gasteiger partial charge in [0, 0.05) is 16.6 Å². The van der Waals surface area contributed by atoms with E-state index in [-0.39, 0.29) is 0 Å². The molecule has 0 radical (unpaired) electrons. The maximum absolute atomic E-state index is 3.69. The molecule has 0 saturated carbocycles. The van der Waals surface area contributed by atoms with E-state index < -0.39 is 0 Å². The van der Waals surface area contributed by atoms with Crippen molar-refractivity contribution >= 4 is 27.3 Å². The zero-order valence-electron chi connectivity index (χ0n) is 11.4. The number of anilines is 2. The Morgan fingerprint density at radius 2 is 1.52 bits per heavy atom. The average Bonchev–Trinajstić information content (AvgIpc) is 2.90. The molecule has 21 heavy (non-hydrogen) atoms. The number of hydrogen-bond acceptors (Lipinski definition) is 1. The van der Waals surface area contributed by atoms with Gasteiger partial charge < -0.3 is 5.32 Å². The molecule has 1 nitrogen and oxygen atoms in total. The molecule has 1 N–H and O–H groups in total. The van der Waals surface area contributed by atoms with Crippen molar-refractivity contribution in [2.45, 2.75) is 6.42 Å². The quantitative estimate of drug-likeness (QED) is 0.490. The van der Waals surface area contributed by atoms with Crippen LogP contribution < -0.4 is 5.32 Å². The van der Waals surface area contributed by atoms with E-state index >= 15 is 0 Å². The van der Waals surface area contributed by atoms with Crippen LogP contribution in [0.3, 0.4) is 0 Å². The molecule has 0 atom stereocenters. The second-order valence-electron chi connectivity index (χ2n) is 5.27. The fourth-order valence-corrected chi connectivity index (χ4v) is 3.45. The van der Waals surface area contributed by atoms with Gasteiger partial charge in [-0.1, -0.05) is 48.5 Å². The van der Waals surface area contributed by atoms with Crippen LogP contribution in [0, 0.1) is 0 Å². The van der Waals surface area contributed by atoms with E-state index in [0.717, 1.165) is 16.6 Å². The minimum absolute atomic E-state index is 0.986. The third kappa shape index (κ3) is 2.16. The Morgan fingerprint density at radius 1 is 0.762 bits per heavy atom. The Hall–Kier alpha value is -2.06. The molecule has 4 rings (SSSR count). The summed E-state index contributed by atoms with van der Waals surface area (Å²) in [6.07, 6.45) is 0.986. The Kier molecular flexibility index (Phi) is 3.04. The summed E-state index contributed by atoms with van der Waals surface area (Å²) in [7, 11) is 0. The predicted molar refractivity (Wildman–Crippen MR) is 92.1 cm³/mol. The van der Waals surface area contributed by atoms with E-state index in [0.29, 0.717) is 0 Å². The van der Waals surface area contributed by atoms with E-state index in [9.17, 15) is 0 Å². The Balaban J connectivity index is 1.83. The first-order valence-electron chi connectivity index (χ1n) is 7.04. The van der Waals surface area contributed by atoms with Crippen molar-refractivity contribution in [2.75, 3.05) is 5.32 Å². The molecule has 0 fully saturated rings. The Bertz CT molecular complexity index is 809. The largest absolute Gasteiger partial charge is 0.354 e. The minimum Gasteiger partial charge on any atom is -0.354 e. The maximum Gasteiger partial charge on any atom is 0.0570 e. The van der Waals surface area contributed by atoms with Crippen LogP contribution in [0.15, 0.2) is 71.2 Å². The van der Waals surface area contributed by atoms with Crippen LogP contribution >= 0.6 is 15.9 Å². The van der Waals surface area contributed by atoms with E-state index in [1.807, 2.05) is 18.2 Å². The van der Waals surface area contributed by atoms with E-state index in [4.69, 9.17) is 0 Å². The summed E-state index contributed by atoms with van der Waals surface area (Å²) in [4.78, 5) is 0. The van der Waals surface area contributed by atoms with Crippen LogP contribution in [0.1, 0.15) is 11.1 Å². The normalized spacial score (nSPS) is 11.9. The summed E-state index contributed by atoms with van der Waals surface area (Å²) in [5, 5.41) is 3.56. The number of hydrogen-bond donors (Lipinski definition) is 1. The van der Waals surface area contributed by atoms with E-state index in [1.165, 1.54) is 27.9 Å². The number of nitrogens with one attached hydrogen (secondary N) is 1. The first kappa shape index (κ1) is 12.7. The van der Waals surface area contributed by atoms with Crippen molar-refractivity contribution in [1.29, 1.82) is 0 Å². The second kappa shape index (κ2) is 5.05. The fourth-order valence-electron chi connectivity index (χ4n) is 2.98. The summed E-state index contributed by atoms with van der Waals surface area (Å²) in [6.45, 7) is 0. The Morgan fingerprint density at radius 3 is 2.38 bits per heavy atom. The van der Waals surface area contributed by atoms with Gasteiger partial charge in [0.05, 0.1) is 5.69 Å². The molecule has 0 aliphatic heterocycles. The number of benzene rings is 3. The lowest BCUT2D eigenvalue weighted by atomic mass is 10.0. The summed E-state index contributed by atoms with van der Waals surface area (Å²) in [5.74, 6) is 0. The lowest BCUT2D eigenvalue weighted by Gasteiger charge is -2.14. The van der Waals surface area contributed by atoms with Gasteiger partial charge in [-0.15, -0.1) is 0 Å². The third-order valence-corrected chi connectivity index (χ3v) is 4.64. The van der Waals surface area contributed by atoms with Gasteiger partial charge in [0.15, 0.2) is 0 Å². The van der Waals surface area contributed by atoms with Crippen molar-refractivity contribution in [3.8, 4) is 11.1 Å². The van der Waals surface area contributed by atoms with Crippen LogP contribution in [0.5, 0.6) is 0 Å². The monoisotopic (exact) mass is 335 g/mol. The van der Waals surface area contributed by atoms with Crippen LogP contribution in [0.25, 0.3) is 11.1 Å². The SMILES string of the molecule is Brc1ccc2c(c1Nc1ccccc1)Cc1ccccc1-2. The minimum atomic E-state index is 0.986. The number of rotatable bonds is 2. The predicted octanol–water partition coefficient (Wildman–Crippen LogP) is 5.76. The lowest BCUT2D eigenvalue weighted by Crippen LogP contribution is -1.96. The highest BCUT2D eigenvalue weighted by Crippen LogP contribution is 2.43. The smallest absolute Gasteiger partial charge is 0.0570 e. The van der Waals surface area contributed by atoms with Crippen LogP contribution in [0.2, 0.25) is 0 Å². The van der Waals surface area contributed by atoms with Gasteiger partial charge in [-0.3, -0.25) is 0 Å². The first-order valence-corrected chi connectivity index (χ1v) is 7.84. The topological polar surface area (TPSA) is 12.0 Å². The molecule has 0 spiro atoms. The molecular formula is C19H14BrN. The summed E-state index contributed by atoms with van der Waals surface area (Å²) in [6, 6.07) is 23.3. The molecule has 2 heteroatoms. The highest BCUT2D eigenvalue weighted by atomic mass is 79.9. The first-order chi connectivity index (χ1) is 10.3. The Labute approximate surface area is 132 Å². The van der Waals surface area contributed by atoms with Gasteiger partial charge in [0.2, 0.25) is 0 Å². The molecule has 0 unspecified atom stereocenters. The summed E-state index contributed by atoms with van der Waals surface area (Å²) < 4.78 is 1.11. The van der Waals surface area contributed by atoms with Crippen molar-refractivity contribution in [3.05, 3.63) is 82.3 Å². The number of para-hydroxylation sites is 1. The van der Waals surface area contributed by atoms with Crippen LogP contribution in [-0.4, -0.2) is 0 Å². The van der Waals surface area contributed by atoms with E-state index in [2.05, 4.69) is 69.8 Å². The lowest BCUT2D eigenvalue weighted by molar-refractivity contribution is 1.25. The van der Waals surface area contributed by atoms with Crippen LogP contribution in [-0.2, 0) is 6.42 Å². The maximum atomic E-state index is 3.69. The molecule has 3 aromatic carbocycles. The fraction of sp³-hybridized carbons (Fsp3) is 0.0526. The van der Waals surface area contributed by atoms with Gasteiger partial charge in [0.1, 0.15) is 0 Å². The van der Waals surface area contributed by atoms with Gasteiger partial charge >= 0.3 is 0 Å². The second-order valence-corrected chi connectivity index (χ2v) is 6.13. The molecule has 0 aromatic heterocycles. The molecular weight excluding hydrogens is 322 g/mol. The summed E-state index contributed by atoms with van der Waals surface area (Å²) >= 11 is 3.69. The zero-order valence-corrected chi connectivity index (χ0v) is 13.0. The molecule has 0 saturated heterocycles. The highest BCUT2D eigenvalue weighted by Gasteiger charge is 2.22. The van der Waals surface area contributed by atoms with Crippen LogP contribution in [0.4, 0.5) is 11.4 Å². The van der Waals surface area contributed by atoms with Crippen molar-refractivity contribution < 1.29 is 0 Å². The molecule has 0 amide bonds. The van der Waals surface area contributed by atoms with Crippen molar-refractivity contribution in [3.63, 3.8) is 0 Å². The van der Waals surface area contributed by atoms with Gasteiger partial charge in [-0.25, -0.2) is 0 Å². The number of halogens is 1. The highest BCUT2D eigenvalue weighted by molar-refractivity contribution is 9.10. The molecule has 1 aliphatic carbocycles. The van der Waals surface area contributed by atoms with Gasteiger partial charge in [0.25, 0.3) is 0 Å². The molecule has 102 valence electrons. The number of fused-ring (bicyclic) bond motifs is 3. The zero-order chi connectivity index (χ0) is 14.2. The van der Waals surface area contributed by atoms with Gasteiger partial charge in [-0.2, -0.15) is 0 Å². The van der Waals surface area contributed by atoms with Gasteiger partial charge in [-0.05, 0) is 56.4 Å². The molecule has 0 heterocycles.